The third-order valence-corrected chi connectivity index (χ3v) is 2.41. The van der Waals surface area contributed by atoms with Crippen molar-refractivity contribution in [2.75, 3.05) is 13.2 Å². The number of hydrogen-bond acceptors (Lipinski definition) is 4. The summed E-state index contributed by atoms with van der Waals surface area (Å²) < 4.78 is 6.06. The smallest absolute Gasteiger partial charge is 0.258 e. The Balaban J connectivity index is 2.57. The van der Waals surface area contributed by atoms with Gasteiger partial charge in [-0.2, -0.15) is 5.26 Å². The largest absolute Gasteiger partial charge is 0.483 e. The number of ether oxygens (including phenoxy) is 1. The zero-order chi connectivity index (χ0) is 12.7. The first-order valence-corrected chi connectivity index (χ1v) is 5.62. The first kappa shape index (κ1) is 13.5. The SMILES string of the molecule is N#CCNC(=O)COc1ccc(Br)cc1CO. The second-order valence-corrected chi connectivity index (χ2v) is 4.05. The van der Waals surface area contributed by atoms with Crippen LogP contribution < -0.4 is 10.1 Å². The highest BCUT2D eigenvalue weighted by atomic mass is 79.9. The molecular weight excluding hydrogens is 288 g/mol. The molecule has 0 heterocycles. The Hall–Kier alpha value is -1.58. The van der Waals surface area contributed by atoms with Gasteiger partial charge in [-0.1, -0.05) is 15.9 Å². The summed E-state index contributed by atoms with van der Waals surface area (Å²) in [6, 6.07) is 6.92. The lowest BCUT2D eigenvalue weighted by Gasteiger charge is -2.09. The van der Waals surface area contributed by atoms with Crippen LogP contribution in [0, 0.1) is 11.3 Å². The number of rotatable bonds is 5. The van der Waals surface area contributed by atoms with Crippen molar-refractivity contribution in [1.82, 2.24) is 5.32 Å². The molecule has 0 saturated carbocycles. The van der Waals surface area contributed by atoms with Gasteiger partial charge in [-0.3, -0.25) is 4.79 Å². The van der Waals surface area contributed by atoms with Crippen LogP contribution in [0.4, 0.5) is 0 Å². The number of carbonyl (C=O) groups is 1. The summed E-state index contributed by atoms with van der Waals surface area (Å²) in [5.41, 5.74) is 0.590. The minimum atomic E-state index is -0.377. The summed E-state index contributed by atoms with van der Waals surface area (Å²) >= 11 is 3.27. The van der Waals surface area contributed by atoms with Crippen molar-refractivity contribution in [3.63, 3.8) is 0 Å². The molecule has 0 fully saturated rings. The predicted molar refractivity (Wildman–Crippen MR) is 64.2 cm³/mol. The number of nitriles is 1. The van der Waals surface area contributed by atoms with Gasteiger partial charge < -0.3 is 15.2 Å². The number of aliphatic hydroxyl groups excluding tert-OH is 1. The molecule has 0 bridgehead atoms. The van der Waals surface area contributed by atoms with Crippen LogP contribution in [0.15, 0.2) is 22.7 Å². The minimum Gasteiger partial charge on any atom is -0.483 e. The fourth-order valence-electron chi connectivity index (χ4n) is 1.14. The van der Waals surface area contributed by atoms with Crippen LogP contribution in [0.25, 0.3) is 0 Å². The van der Waals surface area contributed by atoms with Gasteiger partial charge in [0.05, 0.1) is 12.7 Å². The molecule has 90 valence electrons. The molecule has 6 heteroatoms. The molecule has 0 spiro atoms. The third-order valence-electron chi connectivity index (χ3n) is 1.92. The Morgan fingerprint density at radius 1 is 1.59 bits per heavy atom. The topological polar surface area (TPSA) is 82.4 Å². The van der Waals surface area contributed by atoms with E-state index in [9.17, 15) is 4.79 Å². The van der Waals surface area contributed by atoms with Gasteiger partial charge in [0.2, 0.25) is 0 Å². The zero-order valence-electron chi connectivity index (χ0n) is 8.94. The summed E-state index contributed by atoms with van der Waals surface area (Å²) in [7, 11) is 0. The number of aliphatic hydroxyl groups is 1. The standard InChI is InChI=1S/C11H11BrN2O3/c12-9-1-2-10(8(5-9)6-15)17-7-11(16)14-4-3-13/h1-2,5,15H,4,6-7H2,(H,14,16). The van der Waals surface area contributed by atoms with E-state index < -0.39 is 0 Å². The molecule has 1 amide bonds. The molecule has 1 aromatic rings. The second-order valence-electron chi connectivity index (χ2n) is 3.13. The predicted octanol–water partition coefficient (Wildman–Crippen LogP) is 0.960. The van der Waals surface area contributed by atoms with Crippen LogP contribution in [-0.4, -0.2) is 24.2 Å². The van der Waals surface area contributed by atoms with Gasteiger partial charge in [-0.25, -0.2) is 0 Å². The van der Waals surface area contributed by atoms with E-state index in [2.05, 4.69) is 21.2 Å². The van der Waals surface area contributed by atoms with E-state index in [1.54, 1.807) is 24.3 Å². The van der Waals surface area contributed by atoms with E-state index >= 15 is 0 Å². The molecule has 0 unspecified atom stereocenters. The van der Waals surface area contributed by atoms with E-state index in [4.69, 9.17) is 15.1 Å². The normalized spacial score (nSPS) is 9.47. The molecule has 0 aliphatic carbocycles. The number of amides is 1. The van der Waals surface area contributed by atoms with E-state index in [1.165, 1.54) is 0 Å². The van der Waals surface area contributed by atoms with Gasteiger partial charge in [0.25, 0.3) is 5.91 Å². The Bertz CT molecular complexity index is 443. The Kier molecular flexibility index (Phi) is 5.46. The van der Waals surface area contributed by atoms with Gasteiger partial charge >= 0.3 is 0 Å². The van der Waals surface area contributed by atoms with Gasteiger partial charge in [-0.15, -0.1) is 0 Å². The first-order chi connectivity index (χ1) is 8.17. The number of nitrogens with one attached hydrogen (secondary N) is 1. The molecule has 0 aromatic heterocycles. The van der Waals surface area contributed by atoms with Crippen LogP contribution in [0.1, 0.15) is 5.56 Å². The molecular formula is C11H11BrN2O3. The van der Waals surface area contributed by atoms with Crippen molar-refractivity contribution in [2.24, 2.45) is 0 Å². The molecule has 1 aromatic carbocycles. The fraction of sp³-hybridized carbons (Fsp3) is 0.273. The van der Waals surface area contributed by atoms with Crippen molar-refractivity contribution < 1.29 is 14.6 Å². The molecule has 0 radical (unpaired) electrons. The van der Waals surface area contributed by atoms with Crippen molar-refractivity contribution in [3.8, 4) is 11.8 Å². The molecule has 0 aliphatic rings. The first-order valence-electron chi connectivity index (χ1n) is 4.83. The maximum Gasteiger partial charge on any atom is 0.258 e. The summed E-state index contributed by atoms with van der Waals surface area (Å²) in [6.45, 7) is -0.402. The van der Waals surface area contributed by atoms with E-state index in [0.29, 0.717) is 11.3 Å². The summed E-state index contributed by atoms with van der Waals surface area (Å²) in [6.07, 6.45) is 0. The van der Waals surface area contributed by atoms with Crippen molar-refractivity contribution in [2.45, 2.75) is 6.61 Å². The number of benzene rings is 1. The second kappa shape index (κ2) is 6.89. The average molecular weight is 299 g/mol. The van der Waals surface area contributed by atoms with Crippen molar-refractivity contribution in [1.29, 1.82) is 5.26 Å². The Labute approximate surface area is 107 Å². The van der Waals surface area contributed by atoms with Crippen molar-refractivity contribution >= 4 is 21.8 Å². The van der Waals surface area contributed by atoms with Gasteiger partial charge in [-0.05, 0) is 18.2 Å². The molecule has 0 saturated heterocycles. The van der Waals surface area contributed by atoms with Gasteiger partial charge in [0.1, 0.15) is 12.3 Å². The van der Waals surface area contributed by atoms with Crippen LogP contribution in [0.2, 0.25) is 0 Å². The molecule has 0 aliphatic heterocycles. The molecule has 0 atom stereocenters. The van der Waals surface area contributed by atoms with E-state index in [0.717, 1.165) is 4.47 Å². The number of nitrogens with zero attached hydrogens (tertiary/aromatic N) is 1. The maximum atomic E-state index is 11.2. The quantitative estimate of drug-likeness (QED) is 0.793. The van der Waals surface area contributed by atoms with E-state index in [1.807, 2.05) is 0 Å². The van der Waals surface area contributed by atoms with Crippen molar-refractivity contribution in [3.05, 3.63) is 28.2 Å². The minimum absolute atomic E-state index is 0.0462. The lowest BCUT2D eigenvalue weighted by Crippen LogP contribution is -2.29. The summed E-state index contributed by atoms with van der Waals surface area (Å²) in [4.78, 5) is 11.2. The lowest BCUT2D eigenvalue weighted by atomic mass is 10.2. The monoisotopic (exact) mass is 298 g/mol. The van der Waals surface area contributed by atoms with Crippen LogP contribution >= 0.6 is 15.9 Å². The summed E-state index contributed by atoms with van der Waals surface area (Å²) in [5.74, 6) is 0.0705. The van der Waals surface area contributed by atoms with Gasteiger partial charge in [0, 0.05) is 10.0 Å². The summed E-state index contributed by atoms with van der Waals surface area (Å²) in [5, 5.41) is 19.7. The molecule has 5 nitrogen and oxygen atoms in total. The highest BCUT2D eigenvalue weighted by Crippen LogP contribution is 2.23. The highest BCUT2D eigenvalue weighted by molar-refractivity contribution is 9.10. The number of hydrogen-bond donors (Lipinski definition) is 2. The molecule has 1 rings (SSSR count). The molecule has 2 N–H and O–H groups in total. The van der Waals surface area contributed by atoms with Crippen LogP contribution in [0.5, 0.6) is 5.75 Å². The highest BCUT2D eigenvalue weighted by Gasteiger charge is 2.06. The van der Waals surface area contributed by atoms with Gasteiger partial charge in [0.15, 0.2) is 6.61 Å². The third kappa shape index (κ3) is 4.43. The fourth-order valence-corrected chi connectivity index (χ4v) is 1.55. The number of carbonyl (C=O) groups excluding carboxylic acids is 1. The maximum absolute atomic E-state index is 11.2. The Morgan fingerprint density at radius 3 is 3.00 bits per heavy atom. The average Bonchev–Trinajstić information content (AvgIpc) is 2.34. The van der Waals surface area contributed by atoms with Crippen LogP contribution in [-0.2, 0) is 11.4 Å². The number of halogens is 1. The lowest BCUT2D eigenvalue weighted by molar-refractivity contribution is -0.122. The molecule has 17 heavy (non-hydrogen) atoms. The zero-order valence-corrected chi connectivity index (χ0v) is 10.5. The van der Waals surface area contributed by atoms with E-state index in [-0.39, 0.29) is 25.7 Å². The van der Waals surface area contributed by atoms with Crippen LogP contribution in [0.3, 0.4) is 0 Å². The Morgan fingerprint density at radius 2 is 2.35 bits per heavy atom.